The van der Waals surface area contributed by atoms with Crippen LogP contribution in [0.4, 0.5) is 0 Å². The molecule has 378 valence electrons. The van der Waals surface area contributed by atoms with E-state index in [4.69, 9.17) is 10.4 Å². The van der Waals surface area contributed by atoms with E-state index in [-0.39, 0.29) is 47.8 Å². The molecule has 27 heteroatoms. The minimum absolute atomic E-state index is 0.0127. The van der Waals surface area contributed by atoms with Crippen molar-refractivity contribution in [3.8, 4) is 5.75 Å². The Labute approximate surface area is 405 Å². The third-order valence-electron chi connectivity index (χ3n) is 12.9. The summed E-state index contributed by atoms with van der Waals surface area (Å²) in [4.78, 5) is 140. The maximum Gasteiger partial charge on any atom is 0.473 e. The molecule has 4 aliphatic heterocycles. The van der Waals surface area contributed by atoms with Crippen LogP contribution in [0.3, 0.4) is 0 Å². The van der Waals surface area contributed by atoms with Gasteiger partial charge in [-0.15, -0.1) is 0 Å². The second-order valence-electron chi connectivity index (χ2n) is 17.7. The summed E-state index contributed by atoms with van der Waals surface area (Å²) in [5.41, 5.74) is 6.03. The number of aromatic amines is 1. The van der Waals surface area contributed by atoms with Crippen LogP contribution in [0.1, 0.15) is 52.0 Å². The van der Waals surface area contributed by atoms with Crippen molar-refractivity contribution in [2.45, 2.75) is 100 Å². The Morgan fingerprint density at radius 2 is 1.61 bits per heavy atom. The lowest BCUT2D eigenvalue weighted by molar-refractivity contribution is -0.143. The molecule has 1 aromatic carbocycles. The van der Waals surface area contributed by atoms with Crippen molar-refractivity contribution >= 4 is 88.8 Å². The zero-order valence-corrected chi connectivity index (χ0v) is 39.6. The van der Waals surface area contributed by atoms with Crippen LogP contribution < -0.4 is 47.6 Å². The normalized spacial score (nSPS) is 27.0. The molecule has 25 nitrogen and oxygen atoms in total. The first-order valence-electron chi connectivity index (χ1n) is 22.8. The number of carbonyl (C=O) groups excluding carboxylic acids is 10. The van der Waals surface area contributed by atoms with Crippen LogP contribution in [0.15, 0.2) is 35.4 Å². The van der Waals surface area contributed by atoms with Gasteiger partial charge in [0.15, 0.2) is 6.04 Å². The molecule has 70 heavy (non-hydrogen) atoms. The quantitative estimate of drug-likeness (QED) is 0.0601. The summed E-state index contributed by atoms with van der Waals surface area (Å²) < 4.78 is 20.6. The van der Waals surface area contributed by atoms with Crippen molar-refractivity contribution in [3.63, 3.8) is 0 Å². The Bertz CT molecular complexity index is 2400. The first kappa shape index (κ1) is 52.8. The number of H-pyrrole nitrogens is 1. The molecule has 6 rings (SSSR count). The van der Waals surface area contributed by atoms with Crippen molar-refractivity contribution < 1.29 is 67.4 Å². The number of hydrogen-bond acceptors (Lipinski definition) is 15. The minimum atomic E-state index is -2.33. The Balaban J connectivity index is 1.50. The molecule has 1 fully saturated rings. The zero-order valence-electron chi connectivity index (χ0n) is 38.7. The maximum atomic E-state index is 14.9. The minimum Gasteiger partial charge on any atom is -0.610 e. The largest absolute Gasteiger partial charge is 0.610 e. The highest BCUT2D eigenvalue weighted by molar-refractivity contribution is 7.91. The SMILES string of the molecule is CC[C@H](C)[C@@H]1NC(=O)CNC(=O)[C@H]2Cc3c([nH]c4cc(OBN5C(=O)C=CC5=O)ccc34)[S+]([O-])C[C@H](NC(=O)CNC1=O)C(=O)N[C@@H](CC(N)=O)C(=O)N1CCC[C@H]1C(=O)N[C@@H]([C@@H](C)[C@@H](O)CO)CN2. The van der Waals surface area contributed by atoms with Crippen LogP contribution >= 0.6 is 0 Å². The van der Waals surface area contributed by atoms with Crippen molar-refractivity contribution in [1.82, 2.24) is 51.9 Å². The molecule has 0 aliphatic carbocycles. The Kier molecular flexibility index (Phi) is 17.6. The van der Waals surface area contributed by atoms with Gasteiger partial charge in [0, 0.05) is 71.8 Å². The van der Waals surface area contributed by atoms with Crippen LogP contribution in [0.2, 0.25) is 0 Å². The van der Waals surface area contributed by atoms with Crippen molar-refractivity contribution in [2.75, 3.05) is 38.5 Å². The molecule has 1 unspecified atom stereocenters. The summed E-state index contributed by atoms with van der Waals surface area (Å²) in [5.74, 6) is -10.1. The molecule has 0 saturated carbocycles. The number of primary amides is 1. The number of nitrogens with zero attached hydrogens (tertiary/aromatic N) is 2. The standard InChI is InChI=1S/C43H58BN11O14S/c1-4-20(2)37-41(66)48-16-33(59)49-29-19-70(68)42-24(23-8-7-22(12-25(23)52-42)69-44-55-35(61)9-10-36(55)62)13-26(38(63)47-17-34(60)53-37)46-15-28(21(3)31(57)18-56)51-40(65)30-6-5-11-54(30)43(67)27(14-32(45)58)50-39(29)64/h7-10,12,20-21,26-31,37,44,46,52,56-57H,4-6,11,13-19H2,1-3H3,(H2,45,58)(H,47,63)(H,48,66)(H,49,59)(H,50,64)(H,51,65)(H,53,60)/t20-,21+,26+,27-,28+,29-,30-,31-,37-,70?/m0/s1. The summed E-state index contributed by atoms with van der Waals surface area (Å²) in [5, 5.41) is 39.6. The fraction of sp³-hybridized carbons (Fsp3) is 0.535. The summed E-state index contributed by atoms with van der Waals surface area (Å²) in [6, 6.07) is -3.71. The van der Waals surface area contributed by atoms with E-state index in [1.807, 2.05) is 0 Å². The Hall–Kier alpha value is -6.55. The highest BCUT2D eigenvalue weighted by atomic mass is 32.2. The zero-order chi connectivity index (χ0) is 51.0. The lowest BCUT2D eigenvalue weighted by Crippen LogP contribution is -2.61. The molecule has 5 heterocycles. The lowest BCUT2D eigenvalue weighted by Gasteiger charge is -2.33. The van der Waals surface area contributed by atoms with Gasteiger partial charge in [-0.05, 0) is 30.9 Å². The monoisotopic (exact) mass is 995 g/mol. The second-order valence-corrected chi connectivity index (χ2v) is 19.1. The van der Waals surface area contributed by atoms with Crippen molar-refractivity contribution in [3.05, 3.63) is 35.9 Å². The summed E-state index contributed by atoms with van der Waals surface area (Å²) in [6.07, 6.45) is 0.571. The maximum absolute atomic E-state index is 14.9. The van der Waals surface area contributed by atoms with E-state index < -0.39 is 164 Å². The molecule has 0 spiro atoms. The number of aliphatic hydroxyl groups is 2. The fourth-order valence-electron chi connectivity index (χ4n) is 8.54. The van der Waals surface area contributed by atoms with E-state index in [1.165, 1.54) is 19.1 Å². The van der Waals surface area contributed by atoms with E-state index >= 15 is 0 Å². The average molecular weight is 996 g/mol. The van der Waals surface area contributed by atoms with Gasteiger partial charge in [-0.25, -0.2) is 0 Å². The number of aliphatic hydroxyl groups excluding tert-OH is 2. The van der Waals surface area contributed by atoms with Crippen molar-refractivity contribution in [2.24, 2.45) is 17.6 Å². The van der Waals surface area contributed by atoms with Gasteiger partial charge in [0.05, 0.1) is 43.8 Å². The van der Waals surface area contributed by atoms with E-state index in [0.717, 1.165) is 21.9 Å². The smallest absolute Gasteiger partial charge is 0.473 e. The Morgan fingerprint density at radius 1 is 0.929 bits per heavy atom. The van der Waals surface area contributed by atoms with Gasteiger partial charge in [-0.2, -0.15) is 0 Å². The number of nitrogens with one attached hydrogen (secondary N) is 8. The number of carbonyl (C=O) groups is 10. The number of hydrogen-bond donors (Lipinski definition) is 11. The van der Waals surface area contributed by atoms with Gasteiger partial charge in [0.1, 0.15) is 29.6 Å². The number of aromatic nitrogens is 1. The Morgan fingerprint density at radius 3 is 2.29 bits per heavy atom. The van der Waals surface area contributed by atoms with Crippen molar-refractivity contribution in [1.29, 1.82) is 0 Å². The van der Waals surface area contributed by atoms with Gasteiger partial charge < -0.3 is 72.3 Å². The number of fused-ring (bicyclic) bond motifs is 5. The van der Waals surface area contributed by atoms with Crippen LogP contribution in [0, 0.1) is 11.8 Å². The number of imide groups is 1. The predicted octanol–water partition coefficient (Wildman–Crippen LogP) is -5.55. The predicted molar refractivity (Wildman–Crippen MR) is 248 cm³/mol. The number of nitrogens with two attached hydrogens (primary N) is 1. The molecule has 1 aromatic heterocycles. The van der Waals surface area contributed by atoms with Crippen LogP contribution in [0.5, 0.6) is 5.75 Å². The topological polar surface area (TPSA) is 376 Å². The molecule has 0 radical (unpaired) electrons. The average Bonchev–Trinajstić information content (AvgIpc) is 4.06. The molecule has 4 aliphatic rings. The highest BCUT2D eigenvalue weighted by Gasteiger charge is 2.42. The van der Waals surface area contributed by atoms with Gasteiger partial charge in [-0.1, -0.05) is 27.2 Å². The second kappa shape index (κ2) is 23.4. The first-order valence-corrected chi connectivity index (χ1v) is 24.2. The molecule has 1 saturated heterocycles. The van der Waals surface area contributed by atoms with Gasteiger partial charge in [-0.3, -0.25) is 52.8 Å². The van der Waals surface area contributed by atoms with Crippen LogP contribution in [-0.4, -0.2) is 177 Å². The van der Waals surface area contributed by atoms with Crippen LogP contribution in [-0.2, 0) is 65.5 Å². The third-order valence-corrected chi connectivity index (χ3v) is 14.3. The van der Waals surface area contributed by atoms with E-state index in [9.17, 15) is 62.7 Å². The number of amides is 10. The number of benzene rings is 1. The van der Waals surface area contributed by atoms with Gasteiger partial charge in [0.25, 0.3) is 0 Å². The third kappa shape index (κ3) is 12.6. The first-order chi connectivity index (χ1) is 33.3. The van der Waals surface area contributed by atoms with Crippen LogP contribution in [0.25, 0.3) is 10.9 Å². The van der Waals surface area contributed by atoms with E-state index in [2.05, 4.69) is 42.2 Å². The van der Waals surface area contributed by atoms with E-state index in [0.29, 0.717) is 18.2 Å². The fourth-order valence-corrected chi connectivity index (χ4v) is 9.94. The number of rotatable bonds is 10. The molecule has 10 atom stereocenters. The van der Waals surface area contributed by atoms with Gasteiger partial charge in [0.2, 0.25) is 64.1 Å². The molecule has 10 amide bonds. The van der Waals surface area contributed by atoms with Gasteiger partial charge >= 0.3 is 7.62 Å². The summed E-state index contributed by atoms with van der Waals surface area (Å²) in [6.45, 7) is 2.62. The highest BCUT2D eigenvalue weighted by Crippen LogP contribution is 2.32. The lowest BCUT2D eigenvalue weighted by atomic mass is 9.94. The molecular weight excluding hydrogens is 937 g/mol. The molecular formula is C43H58BN11O14S. The summed E-state index contributed by atoms with van der Waals surface area (Å²) in [7, 11) is -0.462. The molecule has 2 bridgehead atoms. The summed E-state index contributed by atoms with van der Waals surface area (Å²) >= 11 is -2.33. The van der Waals surface area contributed by atoms with E-state index in [1.54, 1.807) is 19.9 Å². The molecule has 12 N–H and O–H groups in total. The molecule has 2 aromatic rings.